The van der Waals surface area contributed by atoms with E-state index in [1.807, 2.05) is 0 Å². The molecule has 9 heteroatoms. The maximum absolute atomic E-state index is 13.5. The Hall–Kier alpha value is -2.78. The average Bonchev–Trinajstić information content (AvgIpc) is 2.60. The molecule has 2 rings (SSSR count). The molecule has 138 valence electrons. The molecule has 2 aromatic carbocycles. The zero-order chi connectivity index (χ0) is 19.1. The number of amides is 1. The molecule has 0 fully saturated rings. The van der Waals surface area contributed by atoms with E-state index < -0.39 is 17.5 Å². The second kappa shape index (κ2) is 9.07. The Bertz CT molecular complexity index is 818. The number of nitrogens with one attached hydrogen (secondary N) is 3. The van der Waals surface area contributed by atoms with Crippen LogP contribution < -0.4 is 20.9 Å². The monoisotopic (exact) mass is 381 g/mol. The van der Waals surface area contributed by atoms with E-state index >= 15 is 0 Å². The van der Waals surface area contributed by atoms with Crippen LogP contribution in [0.5, 0.6) is 11.5 Å². The van der Waals surface area contributed by atoms with Gasteiger partial charge in [-0.05, 0) is 36.8 Å². The van der Waals surface area contributed by atoms with Gasteiger partial charge in [0.05, 0.1) is 12.3 Å². The van der Waals surface area contributed by atoms with Crippen LogP contribution in [0.4, 0.5) is 14.5 Å². The molecule has 0 unspecified atom stereocenters. The largest absolute Gasteiger partial charge is 0.504 e. The van der Waals surface area contributed by atoms with Gasteiger partial charge in [0, 0.05) is 12.6 Å². The van der Waals surface area contributed by atoms with E-state index in [1.54, 1.807) is 19.1 Å². The lowest BCUT2D eigenvalue weighted by molar-refractivity contribution is -0.110. The van der Waals surface area contributed by atoms with E-state index in [-0.39, 0.29) is 23.0 Å². The molecule has 0 spiro atoms. The molecule has 1 amide bonds. The fraction of sp³-hybridized carbons (Fsp3) is 0.176. The van der Waals surface area contributed by atoms with Crippen LogP contribution in [0.3, 0.4) is 0 Å². The molecular weight excluding hydrogens is 364 g/mol. The zero-order valence-corrected chi connectivity index (χ0v) is 14.6. The highest BCUT2D eigenvalue weighted by Crippen LogP contribution is 2.26. The molecule has 0 saturated carbocycles. The van der Waals surface area contributed by atoms with Crippen LogP contribution in [-0.4, -0.2) is 22.6 Å². The fourth-order valence-electron chi connectivity index (χ4n) is 1.99. The SMILES string of the molecule is CCOc1cc(CNNC(=S)C(=O)Nc2ccc(F)cc2F)ccc1O. The molecule has 0 heterocycles. The van der Waals surface area contributed by atoms with Gasteiger partial charge in [0.15, 0.2) is 16.5 Å². The molecule has 0 aromatic heterocycles. The standard InChI is InChI=1S/C17H17F2N3O3S/c1-2-25-15-7-10(3-6-14(15)23)9-20-22-17(26)16(24)21-13-5-4-11(18)8-12(13)19/h3-8,20,23H,2,9H2,1H3,(H,21,24)(H,22,26). The molecule has 0 bridgehead atoms. The van der Waals surface area contributed by atoms with Crippen LogP contribution in [0.25, 0.3) is 0 Å². The summed E-state index contributed by atoms with van der Waals surface area (Å²) in [6.45, 7) is 2.48. The van der Waals surface area contributed by atoms with Crippen molar-refractivity contribution in [1.29, 1.82) is 0 Å². The number of thiocarbonyl (C=S) groups is 1. The van der Waals surface area contributed by atoms with Gasteiger partial charge in [0.1, 0.15) is 11.6 Å². The van der Waals surface area contributed by atoms with Gasteiger partial charge >= 0.3 is 0 Å². The van der Waals surface area contributed by atoms with Gasteiger partial charge in [-0.1, -0.05) is 18.3 Å². The maximum Gasteiger partial charge on any atom is 0.284 e. The molecule has 0 atom stereocenters. The van der Waals surface area contributed by atoms with E-state index in [0.717, 1.165) is 17.7 Å². The van der Waals surface area contributed by atoms with Gasteiger partial charge in [0.2, 0.25) is 0 Å². The highest BCUT2D eigenvalue weighted by molar-refractivity contribution is 7.82. The van der Waals surface area contributed by atoms with Crippen molar-refractivity contribution in [2.45, 2.75) is 13.5 Å². The van der Waals surface area contributed by atoms with E-state index in [9.17, 15) is 18.7 Å². The number of carbonyl (C=O) groups excluding carboxylic acids is 1. The number of anilines is 1. The first-order chi connectivity index (χ1) is 12.4. The van der Waals surface area contributed by atoms with E-state index in [2.05, 4.69) is 16.2 Å². The molecular formula is C17H17F2N3O3S. The molecule has 0 aliphatic rings. The molecule has 2 aromatic rings. The highest BCUT2D eigenvalue weighted by atomic mass is 32.1. The summed E-state index contributed by atoms with van der Waals surface area (Å²) in [5.41, 5.74) is 5.85. The summed E-state index contributed by atoms with van der Waals surface area (Å²) in [7, 11) is 0. The van der Waals surface area contributed by atoms with Crippen molar-refractivity contribution in [3.05, 3.63) is 53.6 Å². The fourth-order valence-corrected chi connectivity index (χ4v) is 2.12. The number of hydrazine groups is 1. The van der Waals surface area contributed by atoms with Crippen LogP contribution in [0.1, 0.15) is 12.5 Å². The Morgan fingerprint density at radius 1 is 1.23 bits per heavy atom. The number of carbonyl (C=O) groups is 1. The van der Waals surface area contributed by atoms with Crippen molar-refractivity contribution < 1.29 is 23.4 Å². The summed E-state index contributed by atoms with van der Waals surface area (Å²) >= 11 is 4.90. The van der Waals surface area contributed by atoms with Crippen LogP contribution in [0.2, 0.25) is 0 Å². The minimum atomic E-state index is -0.901. The quantitative estimate of drug-likeness (QED) is 0.455. The molecule has 0 aliphatic carbocycles. The summed E-state index contributed by atoms with van der Waals surface area (Å²) in [6, 6.07) is 7.59. The lowest BCUT2D eigenvalue weighted by Crippen LogP contribution is -2.42. The molecule has 0 radical (unpaired) electrons. The van der Waals surface area contributed by atoms with Gasteiger partial charge in [-0.3, -0.25) is 4.79 Å². The summed E-state index contributed by atoms with van der Waals surface area (Å²) in [6.07, 6.45) is 0. The lowest BCUT2D eigenvalue weighted by Gasteiger charge is -2.12. The lowest BCUT2D eigenvalue weighted by atomic mass is 10.2. The number of hydrogen-bond donors (Lipinski definition) is 4. The third kappa shape index (κ3) is 5.36. The third-order valence-corrected chi connectivity index (χ3v) is 3.49. The average molecular weight is 381 g/mol. The molecule has 0 saturated heterocycles. The first-order valence-electron chi connectivity index (χ1n) is 7.64. The first-order valence-corrected chi connectivity index (χ1v) is 8.05. The topological polar surface area (TPSA) is 82.6 Å². The molecule has 26 heavy (non-hydrogen) atoms. The Balaban J connectivity index is 1.86. The Morgan fingerprint density at radius 2 is 2.00 bits per heavy atom. The number of aromatic hydroxyl groups is 1. The van der Waals surface area contributed by atoms with Gasteiger partial charge in [0.25, 0.3) is 5.91 Å². The zero-order valence-electron chi connectivity index (χ0n) is 13.8. The molecule has 0 aliphatic heterocycles. The number of hydrogen-bond acceptors (Lipinski definition) is 5. The van der Waals surface area contributed by atoms with Gasteiger partial charge in [-0.25, -0.2) is 14.2 Å². The summed E-state index contributed by atoms with van der Waals surface area (Å²) in [5, 5.41) is 11.9. The number of ether oxygens (including phenoxy) is 1. The van der Waals surface area contributed by atoms with Crippen molar-refractivity contribution >= 4 is 28.8 Å². The Morgan fingerprint density at radius 3 is 2.69 bits per heavy atom. The summed E-state index contributed by atoms with van der Waals surface area (Å²) < 4.78 is 31.6. The number of phenolic OH excluding ortho intramolecular Hbond substituents is 1. The van der Waals surface area contributed by atoms with Crippen LogP contribution in [0, 0.1) is 11.6 Å². The number of halogens is 2. The Labute approximate surface area is 154 Å². The normalized spacial score (nSPS) is 10.3. The summed E-state index contributed by atoms with van der Waals surface area (Å²) in [5.74, 6) is -2.03. The van der Waals surface area contributed by atoms with E-state index in [1.165, 1.54) is 6.07 Å². The Kier molecular flexibility index (Phi) is 6.81. The highest BCUT2D eigenvalue weighted by Gasteiger charge is 2.12. The predicted molar refractivity (Wildman–Crippen MR) is 96.8 cm³/mol. The second-order valence-corrected chi connectivity index (χ2v) is 5.53. The molecule has 6 nitrogen and oxygen atoms in total. The number of benzene rings is 2. The van der Waals surface area contributed by atoms with Crippen molar-refractivity contribution in [1.82, 2.24) is 10.9 Å². The smallest absolute Gasteiger partial charge is 0.284 e. The van der Waals surface area contributed by atoms with E-state index in [0.29, 0.717) is 18.4 Å². The first kappa shape index (κ1) is 19.5. The second-order valence-electron chi connectivity index (χ2n) is 5.12. The van der Waals surface area contributed by atoms with Crippen molar-refractivity contribution in [3.8, 4) is 11.5 Å². The van der Waals surface area contributed by atoms with Crippen molar-refractivity contribution in [3.63, 3.8) is 0 Å². The third-order valence-electron chi connectivity index (χ3n) is 3.20. The van der Waals surface area contributed by atoms with Gasteiger partial charge in [-0.2, -0.15) is 0 Å². The van der Waals surface area contributed by atoms with Crippen LogP contribution >= 0.6 is 12.2 Å². The molecule has 4 N–H and O–H groups in total. The van der Waals surface area contributed by atoms with Gasteiger partial charge in [-0.15, -0.1) is 0 Å². The van der Waals surface area contributed by atoms with E-state index in [4.69, 9.17) is 17.0 Å². The van der Waals surface area contributed by atoms with Crippen molar-refractivity contribution in [2.75, 3.05) is 11.9 Å². The summed E-state index contributed by atoms with van der Waals surface area (Å²) in [4.78, 5) is 11.7. The number of rotatable bonds is 6. The van der Waals surface area contributed by atoms with Gasteiger partial charge < -0.3 is 20.6 Å². The minimum absolute atomic E-state index is 0.0276. The number of phenols is 1. The maximum atomic E-state index is 13.5. The van der Waals surface area contributed by atoms with Crippen molar-refractivity contribution in [2.24, 2.45) is 0 Å². The van der Waals surface area contributed by atoms with Crippen LogP contribution in [-0.2, 0) is 11.3 Å². The minimum Gasteiger partial charge on any atom is -0.504 e. The van der Waals surface area contributed by atoms with Crippen LogP contribution in [0.15, 0.2) is 36.4 Å². The predicted octanol–water partition coefficient (Wildman–Crippen LogP) is 2.63.